The highest BCUT2D eigenvalue weighted by molar-refractivity contribution is 5.98. The Hall–Kier alpha value is -8.15. The lowest BCUT2D eigenvalue weighted by atomic mass is 9.99. The first-order valence-electron chi connectivity index (χ1n) is 26.2. The third kappa shape index (κ3) is 19.8. The summed E-state index contributed by atoms with van der Waals surface area (Å²) < 4.78 is 0. The molecule has 2 aromatic carbocycles. The first kappa shape index (κ1) is 62.4. The summed E-state index contributed by atoms with van der Waals surface area (Å²) in [5.41, 5.74) is 19.8. The number of aromatic nitrogens is 3. The van der Waals surface area contributed by atoms with Gasteiger partial charge in [-0.05, 0) is 74.5 Å². The van der Waals surface area contributed by atoms with Crippen LogP contribution in [0.5, 0.6) is 0 Å². The summed E-state index contributed by atoms with van der Waals surface area (Å²) in [5.74, 6) is -8.14. The van der Waals surface area contributed by atoms with E-state index in [1.165, 1.54) is 26.4 Å². The summed E-state index contributed by atoms with van der Waals surface area (Å²) in [7, 11) is 0. The molecule has 2 aromatic heterocycles. The summed E-state index contributed by atoms with van der Waals surface area (Å²) in [5, 5.41) is 21.9. The van der Waals surface area contributed by atoms with Gasteiger partial charge < -0.3 is 69.7 Å². The number of carbonyl (C=O) groups is 10. The highest BCUT2D eigenvalue weighted by Gasteiger charge is 2.35. The Labute approximate surface area is 453 Å². The molecule has 24 heteroatoms. The van der Waals surface area contributed by atoms with Gasteiger partial charge in [-0.2, -0.15) is 0 Å². The van der Waals surface area contributed by atoms with Crippen molar-refractivity contribution in [2.24, 2.45) is 35.0 Å². The van der Waals surface area contributed by atoms with E-state index in [0.717, 1.165) is 16.5 Å². The van der Waals surface area contributed by atoms with Crippen molar-refractivity contribution in [3.8, 4) is 0 Å². The van der Waals surface area contributed by atoms with E-state index < -0.39 is 119 Å². The Balaban J connectivity index is 1.47. The molecular formula is C54H78N14O10. The molecule has 4 aromatic rings. The number of rotatable bonds is 31. The minimum Gasteiger partial charge on any atom is -0.370 e. The number of benzene rings is 2. The second kappa shape index (κ2) is 30.0. The quantitative estimate of drug-likeness (QED) is 0.0308. The van der Waals surface area contributed by atoms with Crippen LogP contribution in [0.4, 0.5) is 0 Å². The van der Waals surface area contributed by atoms with E-state index in [2.05, 4.69) is 57.5 Å². The number of amides is 10. The van der Waals surface area contributed by atoms with E-state index in [1.54, 1.807) is 50.4 Å². The number of nitrogens with two attached hydrogens (primary N) is 3. The fourth-order valence-electron chi connectivity index (χ4n) is 8.45. The number of hydrogen-bond donors (Lipinski definition) is 13. The van der Waals surface area contributed by atoms with Crippen LogP contribution in [0.3, 0.4) is 0 Å². The number of hydrogen-bond acceptors (Lipinski definition) is 12. The van der Waals surface area contributed by atoms with Crippen molar-refractivity contribution in [1.82, 2.24) is 57.5 Å². The molecule has 0 unspecified atom stereocenters. The number of fused-ring (bicyclic) bond motifs is 1. The number of aromatic amines is 2. The number of H-pyrrole nitrogens is 2. The lowest BCUT2D eigenvalue weighted by molar-refractivity contribution is -0.136. The second-order valence-electron chi connectivity index (χ2n) is 20.8. The van der Waals surface area contributed by atoms with Crippen molar-refractivity contribution >= 4 is 70.0 Å². The van der Waals surface area contributed by atoms with Crippen molar-refractivity contribution in [3.05, 3.63) is 90.1 Å². The van der Waals surface area contributed by atoms with Gasteiger partial charge in [-0.1, -0.05) is 90.1 Å². The van der Waals surface area contributed by atoms with Gasteiger partial charge in [-0.15, -0.1) is 0 Å². The number of carbonyl (C=O) groups excluding carboxylic acids is 10. The van der Waals surface area contributed by atoms with Gasteiger partial charge in [0.1, 0.15) is 48.3 Å². The van der Waals surface area contributed by atoms with E-state index in [9.17, 15) is 47.9 Å². The molecular weight excluding hydrogens is 1000 g/mol. The van der Waals surface area contributed by atoms with Crippen LogP contribution in [0.2, 0.25) is 0 Å². The minimum atomic E-state index is -1.36. The summed E-state index contributed by atoms with van der Waals surface area (Å²) in [6, 6.07) is 5.24. The molecule has 0 aliphatic heterocycles. The van der Waals surface area contributed by atoms with Gasteiger partial charge in [0, 0.05) is 48.3 Å². The third-order valence-corrected chi connectivity index (χ3v) is 12.7. The van der Waals surface area contributed by atoms with Crippen LogP contribution in [0.25, 0.3) is 10.9 Å². The highest BCUT2D eigenvalue weighted by atomic mass is 16.2. The van der Waals surface area contributed by atoms with Gasteiger partial charge in [-0.3, -0.25) is 47.9 Å². The van der Waals surface area contributed by atoms with Crippen molar-refractivity contribution in [2.45, 2.75) is 155 Å². The molecule has 78 heavy (non-hydrogen) atoms. The van der Waals surface area contributed by atoms with Gasteiger partial charge in [0.2, 0.25) is 59.1 Å². The smallest absolute Gasteiger partial charge is 0.243 e. The molecule has 4 rings (SSSR count). The van der Waals surface area contributed by atoms with Gasteiger partial charge in [-0.25, -0.2) is 4.98 Å². The maximum atomic E-state index is 14.2. The van der Waals surface area contributed by atoms with Crippen molar-refractivity contribution in [1.29, 1.82) is 0 Å². The second-order valence-corrected chi connectivity index (χ2v) is 20.8. The van der Waals surface area contributed by atoms with E-state index in [0.29, 0.717) is 11.3 Å². The van der Waals surface area contributed by atoms with E-state index in [1.807, 2.05) is 52.0 Å². The van der Waals surface area contributed by atoms with Gasteiger partial charge in [0.25, 0.3) is 0 Å². The number of nitrogens with zero attached hydrogens (tertiary/aromatic N) is 1. The number of primary amides is 2. The predicted octanol–water partition coefficient (Wildman–Crippen LogP) is -0.337. The van der Waals surface area contributed by atoms with Gasteiger partial charge in [0.15, 0.2) is 0 Å². The highest BCUT2D eigenvalue weighted by Crippen LogP contribution is 2.20. The van der Waals surface area contributed by atoms with Gasteiger partial charge >= 0.3 is 0 Å². The lowest BCUT2D eigenvalue weighted by Gasteiger charge is -2.28. The normalized spacial score (nSPS) is 14.8. The Bertz CT molecular complexity index is 2690. The first-order chi connectivity index (χ1) is 36.8. The lowest BCUT2D eigenvalue weighted by Crippen LogP contribution is -2.60. The zero-order valence-corrected chi connectivity index (χ0v) is 45.6. The van der Waals surface area contributed by atoms with Crippen LogP contribution in [0, 0.1) is 17.8 Å². The zero-order valence-electron chi connectivity index (χ0n) is 45.6. The predicted molar refractivity (Wildman–Crippen MR) is 291 cm³/mol. The molecule has 424 valence electrons. The number of nitrogens with one attached hydrogen (secondary N) is 10. The fraction of sp³-hybridized carbons (Fsp3) is 0.500. The minimum absolute atomic E-state index is 0.0214. The molecule has 0 saturated carbocycles. The SMILES string of the molecule is CC(C)C[C@H](NC(=O)[C@H](CC(C)C)NC(=O)[C@H](Cc1cnc[nH]1)NC(=O)[C@@H](C)NC(=O)[C@@H](NC(=O)[C@H](C)NC(=O)[C@H](Cc1c[nH]c2ccccc12)NC(=O)[C@H](CCC(N)=O)NC(=O)[C@H](N)Cc1ccccc1)C(C)C)C(N)=O. The Kier molecular flexibility index (Phi) is 24.0. The Morgan fingerprint density at radius 3 is 1.64 bits per heavy atom. The Morgan fingerprint density at radius 2 is 1.04 bits per heavy atom. The Morgan fingerprint density at radius 1 is 0.526 bits per heavy atom. The topological polar surface area (TPSA) is 389 Å². The largest absolute Gasteiger partial charge is 0.370 e. The average Bonchev–Trinajstić information content (AvgIpc) is 4.06. The standard InChI is InChI=1S/C54H78N14O10/c1-28(2)20-40(46(57)70)64-52(76)41(21-29(3)4)66-53(77)43(24-35-26-58-27-60-35)65-47(71)31(7)62-54(78)45(30(5)6)68-48(72)32(8)61-51(75)42(23-34-25-59-38-17-13-12-16-36(34)38)67-50(74)39(18-19-44(56)69)63-49(73)37(55)22-33-14-10-9-11-15-33/h9-17,25-32,37,39-43,45,59H,18-24,55H2,1-8H3,(H2,56,69)(H2,57,70)(H,58,60)(H,61,75)(H,62,78)(H,63,73)(H,64,76)(H,65,71)(H,66,77)(H,67,74)(H,68,72)/t31-,32+,37-,39+,40+,41+,42+,43+,45+/m1/s1. The summed E-state index contributed by atoms with van der Waals surface area (Å²) >= 11 is 0. The molecule has 0 fully saturated rings. The molecule has 0 aliphatic carbocycles. The molecule has 16 N–H and O–H groups in total. The molecule has 0 saturated heterocycles. The average molecular weight is 1080 g/mol. The first-order valence-corrected chi connectivity index (χ1v) is 26.2. The third-order valence-electron chi connectivity index (χ3n) is 12.7. The van der Waals surface area contributed by atoms with Crippen molar-refractivity contribution < 1.29 is 47.9 Å². The van der Waals surface area contributed by atoms with E-state index in [4.69, 9.17) is 17.2 Å². The summed E-state index contributed by atoms with van der Waals surface area (Å²) in [6.07, 6.45) is 4.42. The molecule has 0 radical (unpaired) electrons. The molecule has 10 amide bonds. The van der Waals surface area contributed by atoms with Crippen LogP contribution in [0.15, 0.2) is 73.3 Å². The molecule has 0 aliphatic rings. The fourth-order valence-corrected chi connectivity index (χ4v) is 8.45. The maximum Gasteiger partial charge on any atom is 0.243 e. The van der Waals surface area contributed by atoms with Crippen LogP contribution in [-0.4, -0.2) is 128 Å². The molecule has 24 nitrogen and oxygen atoms in total. The van der Waals surface area contributed by atoms with Crippen LogP contribution in [-0.2, 0) is 67.2 Å². The molecule has 9 atom stereocenters. The summed E-state index contributed by atoms with van der Waals surface area (Å²) in [6.45, 7) is 13.5. The van der Waals surface area contributed by atoms with Crippen molar-refractivity contribution in [2.75, 3.05) is 0 Å². The van der Waals surface area contributed by atoms with Crippen LogP contribution < -0.4 is 59.7 Å². The van der Waals surface area contributed by atoms with E-state index >= 15 is 0 Å². The summed E-state index contributed by atoms with van der Waals surface area (Å²) in [4.78, 5) is 145. The van der Waals surface area contributed by atoms with Crippen LogP contribution in [0.1, 0.15) is 97.9 Å². The van der Waals surface area contributed by atoms with Crippen LogP contribution >= 0.6 is 0 Å². The van der Waals surface area contributed by atoms with E-state index in [-0.39, 0.29) is 56.8 Å². The zero-order chi connectivity index (χ0) is 57.8. The number of para-hydroxylation sites is 1. The molecule has 0 bridgehead atoms. The van der Waals surface area contributed by atoms with Crippen molar-refractivity contribution in [3.63, 3.8) is 0 Å². The van der Waals surface area contributed by atoms with Gasteiger partial charge in [0.05, 0.1) is 12.4 Å². The number of imidazole rings is 1. The molecule has 2 heterocycles. The monoisotopic (exact) mass is 1080 g/mol. The maximum absolute atomic E-state index is 14.2. The molecule has 0 spiro atoms.